The summed E-state index contributed by atoms with van der Waals surface area (Å²) in [4.78, 5) is 27.8. The molecule has 0 radical (unpaired) electrons. The third-order valence-corrected chi connectivity index (χ3v) is 6.42. The summed E-state index contributed by atoms with van der Waals surface area (Å²) in [7, 11) is 1.67. The molecule has 0 unspecified atom stereocenters. The monoisotopic (exact) mass is 442 g/mol. The molecule has 4 rings (SSSR count). The molecule has 3 aromatic carbocycles. The molecular weight excluding hydrogens is 412 g/mol. The van der Waals surface area contributed by atoms with Crippen molar-refractivity contribution in [3.8, 4) is 5.75 Å². The van der Waals surface area contributed by atoms with Gasteiger partial charge in [0.15, 0.2) is 0 Å². The third-order valence-electron chi connectivity index (χ3n) is 6.42. The Labute approximate surface area is 195 Å². The largest absolute Gasteiger partial charge is 0.497 e. The number of carbonyl (C=O) groups excluding carboxylic acids is 2. The van der Waals surface area contributed by atoms with Crippen LogP contribution in [0.2, 0.25) is 0 Å². The number of nitrogens with zero attached hydrogens (tertiary/aromatic N) is 1. The highest BCUT2D eigenvalue weighted by Gasteiger charge is 2.25. The highest BCUT2D eigenvalue weighted by molar-refractivity contribution is 6.05. The molecule has 33 heavy (non-hydrogen) atoms. The van der Waals surface area contributed by atoms with Gasteiger partial charge in [-0.3, -0.25) is 9.59 Å². The summed E-state index contributed by atoms with van der Waals surface area (Å²) in [6.45, 7) is 5.35. The summed E-state index contributed by atoms with van der Waals surface area (Å²) in [5, 5.41) is 2.96. The second kappa shape index (κ2) is 9.90. The summed E-state index contributed by atoms with van der Waals surface area (Å²) in [6.07, 6.45) is 1.86. The van der Waals surface area contributed by atoms with E-state index in [0.717, 1.165) is 29.7 Å². The SMILES string of the molecule is COc1ccc(C2CCN(C(=O)c3ccc(C)c(NC(=O)c4ccc(C)cc4)c3)CC2)cc1. The molecule has 5 heteroatoms. The number of piperidine rings is 1. The van der Waals surface area contributed by atoms with Gasteiger partial charge in [-0.1, -0.05) is 35.9 Å². The molecular formula is C28H30N2O3. The summed E-state index contributed by atoms with van der Waals surface area (Å²) in [5.74, 6) is 1.13. The molecule has 1 fully saturated rings. The van der Waals surface area contributed by atoms with Crippen molar-refractivity contribution in [2.75, 3.05) is 25.5 Å². The van der Waals surface area contributed by atoms with E-state index in [1.807, 2.05) is 67.3 Å². The van der Waals surface area contributed by atoms with Gasteiger partial charge in [0.05, 0.1) is 7.11 Å². The minimum absolute atomic E-state index is 0.00835. The van der Waals surface area contributed by atoms with Crippen LogP contribution in [0.25, 0.3) is 0 Å². The van der Waals surface area contributed by atoms with Crippen LogP contribution in [0.1, 0.15) is 56.2 Å². The second-order valence-corrected chi connectivity index (χ2v) is 8.69. The predicted octanol–water partition coefficient (Wildman–Crippen LogP) is 5.58. The lowest BCUT2D eigenvalue weighted by Crippen LogP contribution is -2.38. The number of benzene rings is 3. The summed E-state index contributed by atoms with van der Waals surface area (Å²) in [5.41, 5.74) is 5.18. The van der Waals surface area contributed by atoms with E-state index >= 15 is 0 Å². The first-order valence-corrected chi connectivity index (χ1v) is 11.4. The minimum atomic E-state index is -0.178. The first-order chi connectivity index (χ1) is 15.9. The number of aryl methyl sites for hydroxylation is 2. The Morgan fingerprint density at radius 3 is 2.15 bits per heavy atom. The molecule has 170 valence electrons. The Balaban J connectivity index is 1.41. The summed E-state index contributed by atoms with van der Waals surface area (Å²) in [6, 6.07) is 21.2. The van der Waals surface area contributed by atoms with E-state index in [1.165, 1.54) is 5.56 Å². The van der Waals surface area contributed by atoms with Crippen molar-refractivity contribution in [1.82, 2.24) is 4.90 Å². The van der Waals surface area contributed by atoms with Crippen LogP contribution < -0.4 is 10.1 Å². The van der Waals surface area contributed by atoms with E-state index in [-0.39, 0.29) is 11.8 Å². The van der Waals surface area contributed by atoms with Crippen LogP contribution in [0.3, 0.4) is 0 Å². The number of methoxy groups -OCH3 is 1. The maximum Gasteiger partial charge on any atom is 0.255 e. The van der Waals surface area contributed by atoms with Gasteiger partial charge in [0.2, 0.25) is 0 Å². The third kappa shape index (κ3) is 5.25. The maximum absolute atomic E-state index is 13.2. The van der Waals surface area contributed by atoms with E-state index in [1.54, 1.807) is 13.2 Å². The molecule has 0 atom stereocenters. The highest BCUT2D eigenvalue weighted by Crippen LogP contribution is 2.30. The molecule has 1 saturated heterocycles. The molecule has 5 nitrogen and oxygen atoms in total. The standard InChI is InChI=1S/C28H30N2O3/c1-19-4-7-23(8-5-19)27(31)29-26-18-24(9-6-20(26)2)28(32)30-16-14-22(15-17-30)21-10-12-25(33-3)13-11-21/h4-13,18,22H,14-17H2,1-3H3,(H,29,31). The summed E-state index contributed by atoms with van der Waals surface area (Å²) >= 11 is 0. The van der Waals surface area contributed by atoms with E-state index in [9.17, 15) is 9.59 Å². The summed E-state index contributed by atoms with van der Waals surface area (Å²) < 4.78 is 5.25. The van der Waals surface area contributed by atoms with E-state index in [2.05, 4.69) is 17.4 Å². The van der Waals surface area contributed by atoms with Crippen molar-refractivity contribution < 1.29 is 14.3 Å². The van der Waals surface area contributed by atoms with Crippen LogP contribution in [0.4, 0.5) is 5.69 Å². The molecule has 0 aliphatic carbocycles. The van der Waals surface area contributed by atoms with Gasteiger partial charge in [0.25, 0.3) is 11.8 Å². The van der Waals surface area contributed by atoms with E-state index in [0.29, 0.717) is 35.8 Å². The number of amides is 2. The normalized spacial score (nSPS) is 14.1. The number of hydrogen-bond acceptors (Lipinski definition) is 3. The first kappa shape index (κ1) is 22.6. The molecule has 0 aromatic heterocycles. The van der Waals surface area contributed by atoms with Crippen molar-refractivity contribution in [2.45, 2.75) is 32.6 Å². The van der Waals surface area contributed by atoms with Crippen molar-refractivity contribution >= 4 is 17.5 Å². The molecule has 0 saturated carbocycles. The van der Waals surface area contributed by atoms with Gasteiger partial charge in [-0.15, -0.1) is 0 Å². The fraction of sp³-hybridized carbons (Fsp3) is 0.286. The number of likely N-dealkylation sites (tertiary alicyclic amines) is 1. The van der Waals surface area contributed by atoms with Crippen molar-refractivity contribution in [2.24, 2.45) is 0 Å². The lowest BCUT2D eigenvalue weighted by atomic mass is 9.89. The van der Waals surface area contributed by atoms with Gasteiger partial charge in [0, 0.05) is 29.9 Å². The fourth-order valence-corrected chi connectivity index (χ4v) is 4.26. The fourth-order valence-electron chi connectivity index (χ4n) is 4.26. The number of rotatable bonds is 5. The quantitative estimate of drug-likeness (QED) is 0.561. The Morgan fingerprint density at radius 2 is 1.52 bits per heavy atom. The molecule has 0 spiro atoms. The average molecular weight is 443 g/mol. The van der Waals surface area contributed by atoms with Gasteiger partial charge in [-0.2, -0.15) is 0 Å². The lowest BCUT2D eigenvalue weighted by Gasteiger charge is -2.32. The Kier molecular flexibility index (Phi) is 6.78. The van der Waals surface area contributed by atoms with Crippen LogP contribution in [0.15, 0.2) is 66.7 Å². The molecule has 3 aromatic rings. The minimum Gasteiger partial charge on any atom is -0.497 e. The maximum atomic E-state index is 13.2. The van der Waals surface area contributed by atoms with Gasteiger partial charge in [-0.25, -0.2) is 0 Å². The number of nitrogens with one attached hydrogen (secondary N) is 1. The predicted molar refractivity (Wildman–Crippen MR) is 131 cm³/mol. The van der Waals surface area contributed by atoms with Gasteiger partial charge >= 0.3 is 0 Å². The van der Waals surface area contributed by atoms with Crippen LogP contribution in [-0.2, 0) is 0 Å². The molecule has 1 aliphatic rings. The van der Waals surface area contributed by atoms with Gasteiger partial charge in [-0.05, 0) is 80.1 Å². The van der Waals surface area contributed by atoms with E-state index < -0.39 is 0 Å². The average Bonchev–Trinajstić information content (AvgIpc) is 2.85. The van der Waals surface area contributed by atoms with Gasteiger partial charge < -0.3 is 15.0 Å². The number of hydrogen-bond donors (Lipinski definition) is 1. The van der Waals surface area contributed by atoms with Gasteiger partial charge in [0.1, 0.15) is 5.75 Å². The molecule has 0 bridgehead atoms. The zero-order valence-electron chi connectivity index (χ0n) is 19.4. The van der Waals surface area contributed by atoms with Crippen molar-refractivity contribution in [3.63, 3.8) is 0 Å². The zero-order chi connectivity index (χ0) is 23.4. The second-order valence-electron chi connectivity index (χ2n) is 8.69. The molecule has 2 amide bonds. The smallest absolute Gasteiger partial charge is 0.255 e. The van der Waals surface area contributed by atoms with Crippen LogP contribution in [0.5, 0.6) is 5.75 Å². The topological polar surface area (TPSA) is 58.6 Å². The van der Waals surface area contributed by atoms with Crippen LogP contribution in [-0.4, -0.2) is 36.9 Å². The van der Waals surface area contributed by atoms with Crippen molar-refractivity contribution in [3.05, 3.63) is 94.5 Å². The molecule has 1 heterocycles. The Bertz CT molecular complexity index is 1130. The van der Waals surface area contributed by atoms with Crippen LogP contribution >= 0.6 is 0 Å². The Morgan fingerprint density at radius 1 is 0.879 bits per heavy atom. The number of anilines is 1. The van der Waals surface area contributed by atoms with Crippen molar-refractivity contribution in [1.29, 1.82) is 0 Å². The highest BCUT2D eigenvalue weighted by atomic mass is 16.5. The zero-order valence-corrected chi connectivity index (χ0v) is 19.4. The Hall–Kier alpha value is -3.60. The van der Waals surface area contributed by atoms with Crippen LogP contribution in [0, 0.1) is 13.8 Å². The first-order valence-electron chi connectivity index (χ1n) is 11.4. The lowest BCUT2D eigenvalue weighted by molar-refractivity contribution is 0.0712. The molecule has 1 aliphatic heterocycles. The number of carbonyl (C=O) groups is 2. The van der Waals surface area contributed by atoms with E-state index in [4.69, 9.17) is 4.74 Å². The molecule has 1 N–H and O–H groups in total. The number of ether oxygens (including phenoxy) is 1.